The van der Waals surface area contributed by atoms with Crippen molar-refractivity contribution in [2.75, 3.05) is 11.1 Å². The maximum Gasteiger partial charge on any atom is 0.234 e. The van der Waals surface area contributed by atoms with Gasteiger partial charge in [0.1, 0.15) is 11.6 Å². The number of benzene rings is 2. The molecule has 1 amide bonds. The summed E-state index contributed by atoms with van der Waals surface area (Å²) < 4.78 is 28.6. The molecule has 1 heterocycles. The number of nitrogens with zero attached hydrogens (tertiary/aromatic N) is 2. The minimum Gasteiger partial charge on any atom is -0.323 e. The molecule has 4 nitrogen and oxygen atoms in total. The highest BCUT2D eigenvalue weighted by Gasteiger charge is 2.12. The molecule has 3 rings (SSSR count). The first kappa shape index (κ1) is 17.2. The lowest BCUT2D eigenvalue weighted by atomic mass is 10.2. The van der Waals surface area contributed by atoms with Gasteiger partial charge in [-0.3, -0.25) is 9.36 Å². The maximum absolute atomic E-state index is 13.6. The van der Waals surface area contributed by atoms with Crippen LogP contribution in [0, 0.1) is 18.6 Å². The molecule has 0 fully saturated rings. The van der Waals surface area contributed by atoms with Crippen LogP contribution in [-0.4, -0.2) is 21.2 Å². The molecule has 0 bridgehead atoms. The Morgan fingerprint density at radius 1 is 1.24 bits per heavy atom. The summed E-state index contributed by atoms with van der Waals surface area (Å²) in [5.74, 6) is -1.70. The molecular formula is C18H15F2N3OS. The van der Waals surface area contributed by atoms with E-state index in [1.54, 1.807) is 12.4 Å². The topological polar surface area (TPSA) is 46.9 Å². The Kier molecular flexibility index (Phi) is 5.14. The Hall–Kier alpha value is -2.67. The van der Waals surface area contributed by atoms with E-state index in [0.717, 1.165) is 29.4 Å². The Labute approximate surface area is 147 Å². The van der Waals surface area contributed by atoms with Gasteiger partial charge in [-0.05, 0) is 36.8 Å². The summed E-state index contributed by atoms with van der Waals surface area (Å²) in [5, 5.41) is 3.01. The van der Waals surface area contributed by atoms with E-state index in [4.69, 9.17) is 0 Å². The van der Waals surface area contributed by atoms with E-state index in [9.17, 15) is 13.6 Å². The van der Waals surface area contributed by atoms with Crippen LogP contribution in [0.25, 0.3) is 5.69 Å². The van der Waals surface area contributed by atoms with Gasteiger partial charge >= 0.3 is 0 Å². The molecule has 128 valence electrons. The van der Waals surface area contributed by atoms with Gasteiger partial charge in [0, 0.05) is 24.1 Å². The molecule has 0 atom stereocenters. The second kappa shape index (κ2) is 7.48. The number of hydrogen-bond donors (Lipinski definition) is 1. The van der Waals surface area contributed by atoms with E-state index < -0.39 is 17.5 Å². The lowest BCUT2D eigenvalue weighted by Gasteiger charge is -2.09. The number of aryl methyl sites for hydroxylation is 1. The average molecular weight is 359 g/mol. The fourth-order valence-electron chi connectivity index (χ4n) is 2.28. The number of hydrogen-bond acceptors (Lipinski definition) is 3. The fraction of sp³-hybridized carbons (Fsp3) is 0.111. The Bertz CT molecular complexity index is 911. The summed E-state index contributed by atoms with van der Waals surface area (Å²) >= 11 is 1.22. The highest BCUT2D eigenvalue weighted by Crippen LogP contribution is 2.22. The predicted molar refractivity (Wildman–Crippen MR) is 94.0 cm³/mol. The molecule has 0 saturated carbocycles. The Balaban J connectivity index is 1.67. The van der Waals surface area contributed by atoms with Crippen molar-refractivity contribution in [1.82, 2.24) is 9.55 Å². The number of carbonyl (C=O) groups excluding carboxylic acids is 1. The minimum atomic E-state index is -0.680. The van der Waals surface area contributed by atoms with Crippen molar-refractivity contribution in [1.29, 1.82) is 0 Å². The molecule has 3 aromatic rings. The van der Waals surface area contributed by atoms with Gasteiger partial charge in [0.15, 0.2) is 5.16 Å². The minimum absolute atomic E-state index is 0.0266. The summed E-state index contributed by atoms with van der Waals surface area (Å²) in [6.07, 6.45) is 3.45. The average Bonchev–Trinajstić information content (AvgIpc) is 3.05. The first-order chi connectivity index (χ1) is 12.0. The van der Waals surface area contributed by atoms with Crippen molar-refractivity contribution < 1.29 is 13.6 Å². The van der Waals surface area contributed by atoms with E-state index >= 15 is 0 Å². The summed E-state index contributed by atoms with van der Waals surface area (Å²) in [5.41, 5.74) is 1.88. The number of aromatic nitrogens is 2. The van der Waals surface area contributed by atoms with Crippen molar-refractivity contribution in [2.45, 2.75) is 12.1 Å². The third-order valence-electron chi connectivity index (χ3n) is 3.42. The number of amides is 1. The molecular weight excluding hydrogens is 344 g/mol. The van der Waals surface area contributed by atoms with Crippen LogP contribution in [0.2, 0.25) is 0 Å². The highest BCUT2D eigenvalue weighted by atomic mass is 32.2. The zero-order valence-electron chi connectivity index (χ0n) is 13.4. The highest BCUT2D eigenvalue weighted by molar-refractivity contribution is 7.99. The normalized spacial score (nSPS) is 10.7. The second-order valence-corrected chi connectivity index (χ2v) is 6.32. The SMILES string of the molecule is Cc1cccc(-n2ccnc2SCC(=O)Nc2cc(F)ccc2F)c1. The van der Waals surface area contributed by atoms with E-state index in [2.05, 4.69) is 10.3 Å². The predicted octanol–water partition coefficient (Wildman–Crippen LogP) is 4.19. The molecule has 0 aliphatic carbocycles. The molecule has 2 aromatic carbocycles. The molecule has 0 aliphatic heterocycles. The zero-order valence-corrected chi connectivity index (χ0v) is 14.2. The van der Waals surface area contributed by atoms with Crippen LogP contribution in [0.3, 0.4) is 0 Å². The molecule has 0 radical (unpaired) electrons. The maximum atomic E-state index is 13.6. The van der Waals surface area contributed by atoms with Gasteiger partial charge in [-0.25, -0.2) is 13.8 Å². The summed E-state index contributed by atoms with van der Waals surface area (Å²) in [6.45, 7) is 1.99. The van der Waals surface area contributed by atoms with Crippen LogP contribution in [0.1, 0.15) is 5.56 Å². The summed E-state index contributed by atoms with van der Waals surface area (Å²) in [4.78, 5) is 16.3. The van der Waals surface area contributed by atoms with Crippen LogP contribution >= 0.6 is 11.8 Å². The number of rotatable bonds is 5. The van der Waals surface area contributed by atoms with Gasteiger partial charge in [-0.2, -0.15) is 0 Å². The fourth-order valence-corrected chi connectivity index (χ4v) is 3.05. The van der Waals surface area contributed by atoms with Crippen LogP contribution < -0.4 is 5.32 Å². The molecule has 1 aromatic heterocycles. The molecule has 0 saturated heterocycles. The zero-order chi connectivity index (χ0) is 17.8. The van der Waals surface area contributed by atoms with Gasteiger partial charge < -0.3 is 5.32 Å². The van der Waals surface area contributed by atoms with Crippen molar-refractivity contribution in [3.05, 3.63) is 72.1 Å². The largest absolute Gasteiger partial charge is 0.323 e. The monoisotopic (exact) mass is 359 g/mol. The number of thioether (sulfide) groups is 1. The van der Waals surface area contributed by atoms with Gasteiger partial charge in [-0.1, -0.05) is 23.9 Å². The molecule has 0 aliphatic rings. The van der Waals surface area contributed by atoms with Crippen molar-refractivity contribution in [3.8, 4) is 5.69 Å². The van der Waals surface area contributed by atoms with Gasteiger partial charge in [0.2, 0.25) is 5.91 Å². The third-order valence-corrected chi connectivity index (χ3v) is 4.39. The van der Waals surface area contributed by atoms with Crippen LogP contribution in [0.15, 0.2) is 60.0 Å². The standard InChI is InChI=1S/C18H15F2N3OS/c1-12-3-2-4-14(9-12)23-8-7-21-18(23)25-11-17(24)22-16-10-13(19)5-6-15(16)20/h2-10H,11H2,1H3,(H,22,24). The van der Waals surface area contributed by atoms with E-state index in [1.165, 1.54) is 11.8 Å². The van der Waals surface area contributed by atoms with Crippen molar-refractivity contribution >= 4 is 23.4 Å². The number of anilines is 1. The first-order valence-electron chi connectivity index (χ1n) is 7.51. The van der Waals surface area contributed by atoms with Crippen LogP contribution in [0.4, 0.5) is 14.5 Å². The van der Waals surface area contributed by atoms with Gasteiger partial charge in [0.05, 0.1) is 11.4 Å². The van der Waals surface area contributed by atoms with E-state index in [1.807, 2.05) is 35.8 Å². The number of halogens is 2. The molecule has 0 spiro atoms. The number of imidazole rings is 1. The van der Waals surface area contributed by atoms with Crippen LogP contribution in [-0.2, 0) is 4.79 Å². The number of carbonyl (C=O) groups is 1. The molecule has 0 unspecified atom stereocenters. The van der Waals surface area contributed by atoms with E-state index in [0.29, 0.717) is 5.16 Å². The lowest BCUT2D eigenvalue weighted by molar-refractivity contribution is -0.113. The lowest BCUT2D eigenvalue weighted by Crippen LogP contribution is -2.15. The Morgan fingerprint density at radius 3 is 2.88 bits per heavy atom. The molecule has 25 heavy (non-hydrogen) atoms. The second-order valence-electron chi connectivity index (χ2n) is 5.38. The quantitative estimate of drug-likeness (QED) is 0.695. The van der Waals surface area contributed by atoms with Crippen molar-refractivity contribution in [2.24, 2.45) is 0 Å². The molecule has 7 heteroatoms. The first-order valence-corrected chi connectivity index (χ1v) is 8.49. The Morgan fingerprint density at radius 2 is 2.08 bits per heavy atom. The van der Waals surface area contributed by atoms with Crippen LogP contribution in [0.5, 0.6) is 0 Å². The van der Waals surface area contributed by atoms with Gasteiger partial charge in [0.25, 0.3) is 0 Å². The molecule has 1 N–H and O–H groups in total. The summed E-state index contributed by atoms with van der Waals surface area (Å²) in [7, 11) is 0. The third kappa shape index (κ3) is 4.24. The smallest absolute Gasteiger partial charge is 0.234 e. The van der Waals surface area contributed by atoms with Crippen molar-refractivity contribution in [3.63, 3.8) is 0 Å². The van der Waals surface area contributed by atoms with E-state index in [-0.39, 0.29) is 11.4 Å². The van der Waals surface area contributed by atoms with Gasteiger partial charge in [-0.15, -0.1) is 0 Å². The number of nitrogens with one attached hydrogen (secondary N) is 1. The summed E-state index contributed by atoms with van der Waals surface area (Å²) in [6, 6.07) is 10.8.